The van der Waals surface area contributed by atoms with Crippen LogP contribution in [0.2, 0.25) is 0 Å². The molecule has 1 N–H and O–H groups in total. The van der Waals surface area contributed by atoms with Crippen LogP contribution in [0.25, 0.3) is 0 Å². The van der Waals surface area contributed by atoms with E-state index in [2.05, 4.69) is 0 Å². The zero-order chi connectivity index (χ0) is 16.3. The minimum atomic E-state index is -4.46. The van der Waals surface area contributed by atoms with Crippen molar-refractivity contribution in [3.8, 4) is 5.75 Å². The number of ether oxygens (including phenoxy) is 1. The fourth-order valence-corrected chi connectivity index (χ4v) is 1.92. The number of hydrogen-bond acceptors (Lipinski definition) is 2. The Morgan fingerprint density at radius 2 is 1.68 bits per heavy atom. The summed E-state index contributed by atoms with van der Waals surface area (Å²) in [6, 6.07) is 10.7. The van der Waals surface area contributed by atoms with Gasteiger partial charge in [-0.3, -0.25) is 0 Å². The molecule has 2 rings (SSSR count). The molecule has 1 unspecified atom stereocenters. The molecule has 6 heteroatoms. The fraction of sp³-hybridized carbons (Fsp3) is 0.188. The summed E-state index contributed by atoms with van der Waals surface area (Å²) in [7, 11) is 0. The molecule has 0 radical (unpaired) electrons. The SMILES string of the molecule is Cc1ccccc1OC(C(=O)O)c1ccc(C(F)(F)F)cc1. The lowest BCUT2D eigenvalue weighted by molar-refractivity contribution is -0.145. The maximum atomic E-state index is 12.5. The normalized spacial score (nSPS) is 12.7. The van der Waals surface area contributed by atoms with E-state index in [1.165, 1.54) is 0 Å². The third-order valence-corrected chi connectivity index (χ3v) is 3.10. The lowest BCUT2D eigenvalue weighted by atomic mass is 10.1. The minimum Gasteiger partial charge on any atom is -0.478 e. The molecule has 22 heavy (non-hydrogen) atoms. The van der Waals surface area contributed by atoms with Crippen LogP contribution in [-0.2, 0) is 11.0 Å². The number of carbonyl (C=O) groups is 1. The average molecular weight is 310 g/mol. The van der Waals surface area contributed by atoms with Gasteiger partial charge in [-0.1, -0.05) is 30.3 Å². The van der Waals surface area contributed by atoms with Crippen molar-refractivity contribution >= 4 is 5.97 Å². The highest BCUT2D eigenvalue weighted by Gasteiger charge is 2.31. The van der Waals surface area contributed by atoms with Crippen LogP contribution in [0.1, 0.15) is 22.8 Å². The Balaban J connectivity index is 2.29. The van der Waals surface area contributed by atoms with E-state index in [1.54, 1.807) is 31.2 Å². The second kappa shape index (κ2) is 6.09. The predicted molar refractivity (Wildman–Crippen MR) is 73.6 cm³/mol. The Labute approximate surface area is 125 Å². The van der Waals surface area contributed by atoms with Gasteiger partial charge in [-0.25, -0.2) is 4.79 Å². The Morgan fingerprint density at radius 1 is 1.09 bits per heavy atom. The van der Waals surface area contributed by atoms with E-state index < -0.39 is 23.8 Å². The standard InChI is InChI=1S/C16H13F3O3/c1-10-4-2-3-5-13(10)22-14(15(20)21)11-6-8-12(9-7-11)16(17,18)19/h2-9,14H,1H3,(H,20,21). The number of para-hydroxylation sites is 1. The van der Waals surface area contributed by atoms with E-state index in [9.17, 15) is 23.1 Å². The van der Waals surface area contributed by atoms with Gasteiger partial charge in [-0.05, 0) is 30.7 Å². The number of rotatable bonds is 4. The van der Waals surface area contributed by atoms with Crippen LogP contribution in [-0.4, -0.2) is 11.1 Å². The number of carboxylic acid groups (broad SMARTS) is 1. The Bertz CT molecular complexity index is 663. The highest BCUT2D eigenvalue weighted by molar-refractivity contribution is 5.75. The van der Waals surface area contributed by atoms with Gasteiger partial charge in [-0.15, -0.1) is 0 Å². The first-order valence-corrected chi connectivity index (χ1v) is 6.41. The van der Waals surface area contributed by atoms with Crippen molar-refractivity contribution in [1.82, 2.24) is 0 Å². The van der Waals surface area contributed by atoms with Gasteiger partial charge in [0.15, 0.2) is 0 Å². The number of alkyl halides is 3. The molecule has 2 aromatic carbocycles. The monoisotopic (exact) mass is 310 g/mol. The molecule has 0 spiro atoms. The van der Waals surface area contributed by atoms with Crippen molar-refractivity contribution in [2.24, 2.45) is 0 Å². The van der Waals surface area contributed by atoms with Crippen LogP contribution in [0.5, 0.6) is 5.75 Å². The van der Waals surface area contributed by atoms with Crippen molar-refractivity contribution in [2.75, 3.05) is 0 Å². The topological polar surface area (TPSA) is 46.5 Å². The maximum Gasteiger partial charge on any atom is 0.416 e. The van der Waals surface area contributed by atoms with Gasteiger partial charge < -0.3 is 9.84 Å². The van der Waals surface area contributed by atoms with Crippen molar-refractivity contribution in [3.05, 3.63) is 65.2 Å². The molecule has 0 amide bonds. The lowest BCUT2D eigenvalue weighted by Gasteiger charge is -2.17. The molecular weight excluding hydrogens is 297 g/mol. The van der Waals surface area contributed by atoms with E-state index in [-0.39, 0.29) is 5.56 Å². The summed E-state index contributed by atoms with van der Waals surface area (Å²) >= 11 is 0. The number of aryl methyl sites for hydroxylation is 1. The smallest absolute Gasteiger partial charge is 0.416 e. The molecule has 0 heterocycles. The molecule has 0 aliphatic rings. The van der Waals surface area contributed by atoms with Crippen molar-refractivity contribution < 1.29 is 27.8 Å². The third-order valence-electron chi connectivity index (χ3n) is 3.10. The number of benzene rings is 2. The van der Waals surface area contributed by atoms with E-state index in [0.717, 1.165) is 29.8 Å². The van der Waals surface area contributed by atoms with Crippen LogP contribution >= 0.6 is 0 Å². The average Bonchev–Trinajstić information content (AvgIpc) is 2.45. The summed E-state index contributed by atoms with van der Waals surface area (Å²) in [6.07, 6.45) is -5.84. The largest absolute Gasteiger partial charge is 0.478 e. The molecule has 0 bridgehead atoms. The predicted octanol–water partition coefficient (Wildman–Crippen LogP) is 4.22. The molecule has 0 fully saturated rings. The maximum absolute atomic E-state index is 12.5. The summed E-state index contributed by atoms with van der Waals surface area (Å²) in [5.41, 5.74) is 0.0423. The van der Waals surface area contributed by atoms with Crippen molar-refractivity contribution in [2.45, 2.75) is 19.2 Å². The number of halogens is 3. The van der Waals surface area contributed by atoms with Gasteiger partial charge in [0.1, 0.15) is 5.75 Å². The highest BCUT2D eigenvalue weighted by Crippen LogP contribution is 2.31. The first-order valence-electron chi connectivity index (χ1n) is 6.41. The first kappa shape index (κ1) is 15.9. The number of aliphatic carboxylic acids is 1. The Hall–Kier alpha value is -2.50. The van der Waals surface area contributed by atoms with Crippen molar-refractivity contribution in [1.29, 1.82) is 0 Å². The highest BCUT2D eigenvalue weighted by atomic mass is 19.4. The van der Waals surface area contributed by atoms with Gasteiger partial charge >= 0.3 is 12.1 Å². The molecule has 0 saturated heterocycles. The van der Waals surface area contributed by atoms with Gasteiger partial charge in [0.2, 0.25) is 6.10 Å². The van der Waals surface area contributed by atoms with Crippen LogP contribution in [0.3, 0.4) is 0 Å². The Morgan fingerprint density at radius 3 is 2.18 bits per heavy atom. The second-order valence-corrected chi connectivity index (χ2v) is 4.72. The van der Waals surface area contributed by atoms with Gasteiger partial charge in [0.25, 0.3) is 0 Å². The zero-order valence-corrected chi connectivity index (χ0v) is 11.6. The molecule has 0 aromatic heterocycles. The summed E-state index contributed by atoms with van der Waals surface area (Å²) in [5.74, 6) is -0.905. The molecule has 0 aliphatic carbocycles. The van der Waals surface area contributed by atoms with Crippen LogP contribution in [0, 0.1) is 6.92 Å². The summed E-state index contributed by atoms with van der Waals surface area (Å²) in [4.78, 5) is 11.4. The van der Waals surface area contributed by atoms with E-state index >= 15 is 0 Å². The van der Waals surface area contributed by atoms with Crippen LogP contribution < -0.4 is 4.74 Å². The summed E-state index contributed by atoms with van der Waals surface area (Å²) in [5, 5.41) is 9.26. The van der Waals surface area contributed by atoms with Gasteiger partial charge in [0, 0.05) is 5.56 Å². The molecule has 0 aliphatic heterocycles. The zero-order valence-electron chi connectivity index (χ0n) is 11.6. The van der Waals surface area contributed by atoms with Gasteiger partial charge in [0.05, 0.1) is 5.56 Å². The number of carboxylic acids is 1. The summed E-state index contributed by atoms with van der Waals surface area (Å²) < 4.78 is 43.0. The minimum absolute atomic E-state index is 0.142. The summed E-state index contributed by atoms with van der Waals surface area (Å²) in [6.45, 7) is 1.75. The van der Waals surface area contributed by atoms with Crippen molar-refractivity contribution in [3.63, 3.8) is 0 Å². The molecule has 2 aromatic rings. The lowest BCUT2D eigenvalue weighted by Crippen LogP contribution is -2.19. The molecule has 1 atom stereocenters. The van der Waals surface area contributed by atoms with Crippen LogP contribution in [0.15, 0.2) is 48.5 Å². The quantitative estimate of drug-likeness (QED) is 0.919. The fourth-order valence-electron chi connectivity index (χ4n) is 1.92. The Kier molecular flexibility index (Phi) is 4.40. The van der Waals surface area contributed by atoms with Crippen LogP contribution in [0.4, 0.5) is 13.2 Å². The molecule has 0 saturated carbocycles. The van der Waals surface area contributed by atoms with E-state index in [1.807, 2.05) is 0 Å². The third kappa shape index (κ3) is 3.58. The van der Waals surface area contributed by atoms with Gasteiger partial charge in [-0.2, -0.15) is 13.2 Å². The molecular formula is C16H13F3O3. The molecule has 116 valence electrons. The van der Waals surface area contributed by atoms with E-state index in [0.29, 0.717) is 5.75 Å². The number of hydrogen-bond donors (Lipinski definition) is 1. The first-order chi connectivity index (χ1) is 10.3. The van der Waals surface area contributed by atoms with E-state index in [4.69, 9.17) is 4.74 Å². The second-order valence-electron chi connectivity index (χ2n) is 4.72. The molecule has 3 nitrogen and oxygen atoms in total.